The zero-order valence-electron chi connectivity index (χ0n) is 11.4. The Hall–Kier alpha value is -2.96. The number of primary amides is 1. The first-order valence-corrected chi connectivity index (χ1v) is 6.30. The van der Waals surface area contributed by atoms with E-state index in [4.69, 9.17) is 10.5 Å². The van der Waals surface area contributed by atoms with Gasteiger partial charge in [0.15, 0.2) is 11.6 Å². The summed E-state index contributed by atoms with van der Waals surface area (Å²) in [5, 5.41) is 3.67. The molecule has 0 saturated heterocycles. The van der Waals surface area contributed by atoms with Gasteiger partial charge in [0.1, 0.15) is 12.4 Å². The molecule has 7 heteroatoms. The molecule has 2 aromatic rings. The molecule has 0 aliphatic heterocycles. The summed E-state index contributed by atoms with van der Waals surface area (Å²) < 4.78 is 31.4. The van der Waals surface area contributed by atoms with Gasteiger partial charge in [0, 0.05) is 11.6 Å². The van der Waals surface area contributed by atoms with Crippen LogP contribution in [0.1, 0.15) is 11.1 Å². The smallest absolute Gasteiger partial charge is 0.332 e. The van der Waals surface area contributed by atoms with Crippen LogP contribution in [0.15, 0.2) is 47.6 Å². The molecular formula is C15H13F2N3O2. The highest BCUT2D eigenvalue weighted by molar-refractivity contribution is 5.83. The van der Waals surface area contributed by atoms with Gasteiger partial charge in [0.2, 0.25) is 0 Å². The van der Waals surface area contributed by atoms with Crippen LogP contribution in [0.5, 0.6) is 5.75 Å². The van der Waals surface area contributed by atoms with Gasteiger partial charge in [-0.2, -0.15) is 5.10 Å². The van der Waals surface area contributed by atoms with E-state index in [0.29, 0.717) is 5.56 Å². The Balaban J connectivity index is 2.07. The third-order valence-corrected chi connectivity index (χ3v) is 2.72. The van der Waals surface area contributed by atoms with Gasteiger partial charge in [-0.05, 0) is 17.7 Å². The molecule has 5 nitrogen and oxygen atoms in total. The molecule has 0 radical (unpaired) electrons. The normalized spacial score (nSPS) is 10.6. The molecule has 114 valence electrons. The molecule has 0 spiro atoms. The zero-order chi connectivity index (χ0) is 15.9. The predicted molar refractivity (Wildman–Crippen MR) is 77.4 cm³/mol. The number of halogens is 2. The molecule has 0 aromatic heterocycles. The van der Waals surface area contributed by atoms with Crippen LogP contribution >= 0.6 is 0 Å². The second-order valence-electron chi connectivity index (χ2n) is 4.30. The molecule has 2 rings (SSSR count). The first-order chi connectivity index (χ1) is 10.6. The van der Waals surface area contributed by atoms with Gasteiger partial charge >= 0.3 is 6.03 Å². The summed E-state index contributed by atoms with van der Waals surface area (Å²) in [4.78, 5) is 10.6. The Morgan fingerprint density at radius 2 is 2.00 bits per heavy atom. The average molecular weight is 305 g/mol. The van der Waals surface area contributed by atoms with Crippen LogP contribution in [0.25, 0.3) is 0 Å². The van der Waals surface area contributed by atoms with Crippen molar-refractivity contribution >= 4 is 12.2 Å². The lowest BCUT2D eigenvalue weighted by molar-refractivity contribution is 0.249. The lowest BCUT2D eigenvalue weighted by atomic mass is 10.1. The van der Waals surface area contributed by atoms with Crippen molar-refractivity contribution in [3.8, 4) is 5.75 Å². The van der Waals surface area contributed by atoms with Gasteiger partial charge in [0.05, 0.1) is 6.21 Å². The Morgan fingerprint density at radius 1 is 1.23 bits per heavy atom. The lowest BCUT2D eigenvalue weighted by Crippen LogP contribution is -2.24. The number of hydrazone groups is 1. The summed E-state index contributed by atoms with van der Waals surface area (Å²) in [6.07, 6.45) is 1.41. The Kier molecular flexibility index (Phi) is 5.02. The van der Waals surface area contributed by atoms with E-state index in [2.05, 4.69) is 10.5 Å². The van der Waals surface area contributed by atoms with Crippen molar-refractivity contribution in [3.63, 3.8) is 0 Å². The van der Waals surface area contributed by atoms with E-state index in [9.17, 15) is 13.6 Å². The highest BCUT2D eigenvalue weighted by atomic mass is 19.2. The number of hydrogen-bond donors (Lipinski definition) is 2. The Morgan fingerprint density at radius 3 is 2.73 bits per heavy atom. The minimum Gasteiger partial charge on any atom is -0.489 e. The van der Waals surface area contributed by atoms with Crippen LogP contribution in [-0.2, 0) is 6.61 Å². The SMILES string of the molecule is NC(=O)NN=Cc1ccccc1COc1ccc(F)c(F)c1. The standard InChI is InChI=1S/C15H13F2N3O2/c16-13-6-5-12(7-14(13)17)22-9-11-4-2-1-3-10(11)8-19-20-15(18)21/h1-8H,9H2,(H3,18,20,21). The van der Waals surface area contributed by atoms with Crippen LogP contribution in [0, 0.1) is 11.6 Å². The minimum absolute atomic E-state index is 0.129. The molecule has 0 unspecified atom stereocenters. The molecular weight excluding hydrogens is 292 g/mol. The predicted octanol–water partition coefficient (Wildman–Crippen LogP) is 2.55. The van der Waals surface area contributed by atoms with Crippen molar-refractivity contribution in [2.24, 2.45) is 10.8 Å². The molecule has 0 aliphatic rings. The van der Waals surface area contributed by atoms with Crippen molar-refractivity contribution in [2.75, 3.05) is 0 Å². The number of carbonyl (C=O) groups excluding carboxylic acids is 1. The second kappa shape index (κ2) is 7.16. The van der Waals surface area contributed by atoms with Crippen LogP contribution < -0.4 is 15.9 Å². The number of rotatable bonds is 5. The topological polar surface area (TPSA) is 76.7 Å². The van der Waals surface area contributed by atoms with Gasteiger partial charge in [-0.25, -0.2) is 19.0 Å². The number of amides is 2. The van der Waals surface area contributed by atoms with Crippen molar-refractivity contribution in [3.05, 3.63) is 65.2 Å². The third kappa shape index (κ3) is 4.27. The lowest BCUT2D eigenvalue weighted by Gasteiger charge is -2.09. The summed E-state index contributed by atoms with van der Waals surface area (Å²) in [5.74, 6) is -1.70. The van der Waals surface area contributed by atoms with E-state index in [-0.39, 0.29) is 12.4 Å². The minimum atomic E-state index is -0.974. The summed E-state index contributed by atoms with van der Waals surface area (Å²) in [5.41, 5.74) is 8.43. The molecule has 0 saturated carbocycles. The monoisotopic (exact) mass is 305 g/mol. The van der Waals surface area contributed by atoms with Crippen molar-refractivity contribution in [1.82, 2.24) is 5.43 Å². The maximum absolute atomic E-state index is 13.1. The molecule has 0 aliphatic carbocycles. The summed E-state index contributed by atoms with van der Waals surface area (Å²) in [6, 6.07) is 9.66. The van der Waals surface area contributed by atoms with Crippen LogP contribution in [0.4, 0.5) is 13.6 Å². The molecule has 2 aromatic carbocycles. The van der Waals surface area contributed by atoms with Gasteiger partial charge in [-0.15, -0.1) is 0 Å². The zero-order valence-corrected chi connectivity index (χ0v) is 11.4. The van der Waals surface area contributed by atoms with Crippen LogP contribution in [0.3, 0.4) is 0 Å². The molecule has 22 heavy (non-hydrogen) atoms. The number of nitrogens with zero attached hydrogens (tertiary/aromatic N) is 1. The summed E-state index contributed by atoms with van der Waals surface area (Å²) in [7, 11) is 0. The maximum atomic E-state index is 13.1. The number of carbonyl (C=O) groups is 1. The number of nitrogens with one attached hydrogen (secondary N) is 1. The van der Waals surface area contributed by atoms with Gasteiger partial charge in [-0.1, -0.05) is 24.3 Å². The number of ether oxygens (including phenoxy) is 1. The molecule has 0 bridgehead atoms. The van der Waals surface area contributed by atoms with E-state index >= 15 is 0 Å². The van der Waals surface area contributed by atoms with Crippen LogP contribution in [-0.4, -0.2) is 12.2 Å². The molecule has 3 N–H and O–H groups in total. The largest absolute Gasteiger partial charge is 0.489 e. The maximum Gasteiger partial charge on any atom is 0.332 e. The van der Waals surface area contributed by atoms with Crippen LogP contribution in [0.2, 0.25) is 0 Å². The van der Waals surface area contributed by atoms with Gasteiger partial charge in [-0.3, -0.25) is 0 Å². The highest BCUT2D eigenvalue weighted by Crippen LogP contribution is 2.17. The Labute approximate surface area is 125 Å². The molecule has 0 heterocycles. The molecule has 2 amide bonds. The highest BCUT2D eigenvalue weighted by Gasteiger charge is 2.05. The quantitative estimate of drug-likeness (QED) is 0.658. The first-order valence-electron chi connectivity index (χ1n) is 6.30. The fourth-order valence-electron chi connectivity index (χ4n) is 1.68. The first kappa shape index (κ1) is 15.4. The van der Waals surface area contributed by atoms with E-state index in [1.807, 2.05) is 0 Å². The van der Waals surface area contributed by atoms with Crippen molar-refractivity contribution in [2.45, 2.75) is 6.61 Å². The third-order valence-electron chi connectivity index (χ3n) is 2.72. The number of hydrogen-bond acceptors (Lipinski definition) is 3. The summed E-state index contributed by atoms with van der Waals surface area (Å²) >= 11 is 0. The number of benzene rings is 2. The molecule has 0 fully saturated rings. The number of urea groups is 1. The van der Waals surface area contributed by atoms with E-state index in [1.165, 1.54) is 12.3 Å². The van der Waals surface area contributed by atoms with Gasteiger partial charge < -0.3 is 10.5 Å². The van der Waals surface area contributed by atoms with E-state index in [0.717, 1.165) is 17.7 Å². The number of nitrogens with two attached hydrogens (primary N) is 1. The molecule has 0 atom stereocenters. The summed E-state index contributed by atoms with van der Waals surface area (Å²) in [6.45, 7) is 0.129. The van der Waals surface area contributed by atoms with Crippen molar-refractivity contribution in [1.29, 1.82) is 0 Å². The fourth-order valence-corrected chi connectivity index (χ4v) is 1.68. The Bertz CT molecular complexity index is 705. The second-order valence-corrected chi connectivity index (χ2v) is 4.30. The average Bonchev–Trinajstić information content (AvgIpc) is 2.49. The van der Waals surface area contributed by atoms with E-state index in [1.54, 1.807) is 24.3 Å². The fraction of sp³-hybridized carbons (Fsp3) is 0.0667. The van der Waals surface area contributed by atoms with Gasteiger partial charge in [0.25, 0.3) is 0 Å². The van der Waals surface area contributed by atoms with Crippen molar-refractivity contribution < 1.29 is 18.3 Å². The van der Waals surface area contributed by atoms with E-state index < -0.39 is 17.7 Å².